The third-order valence-electron chi connectivity index (χ3n) is 4.29. The molecule has 25 heavy (non-hydrogen) atoms. The third kappa shape index (κ3) is 5.48. The van der Waals surface area contributed by atoms with Crippen molar-refractivity contribution < 1.29 is 9.53 Å². The number of rotatable bonds is 7. The van der Waals surface area contributed by atoms with Gasteiger partial charge in [-0.15, -0.1) is 12.4 Å². The quantitative estimate of drug-likeness (QED) is 0.793. The zero-order valence-electron chi connectivity index (χ0n) is 14.5. The highest BCUT2D eigenvalue weighted by atomic mass is 35.5. The standard InChI is InChI=1S/C20H24N2O2.ClH/c1-14-2-7-18(19(10-14)24-13-16-3-4-16)12-22-20(23)17-8-5-15(11-21)6-9-17;/h2,5-10,16H,3-4,11-13,21H2,1H3,(H,22,23);1H. The summed E-state index contributed by atoms with van der Waals surface area (Å²) in [4.78, 5) is 12.3. The van der Waals surface area contributed by atoms with E-state index in [1.54, 1.807) is 12.1 Å². The molecule has 0 unspecified atom stereocenters. The van der Waals surface area contributed by atoms with E-state index in [0.717, 1.165) is 29.0 Å². The number of nitrogens with one attached hydrogen (secondary N) is 1. The summed E-state index contributed by atoms with van der Waals surface area (Å²) in [5, 5.41) is 2.97. The van der Waals surface area contributed by atoms with E-state index in [-0.39, 0.29) is 18.3 Å². The number of nitrogens with two attached hydrogens (primary N) is 1. The number of amides is 1. The molecule has 1 saturated carbocycles. The molecule has 2 aromatic rings. The van der Waals surface area contributed by atoms with Crippen LogP contribution in [0.25, 0.3) is 0 Å². The Bertz CT molecular complexity index is 712. The van der Waals surface area contributed by atoms with Gasteiger partial charge in [0.1, 0.15) is 5.75 Å². The van der Waals surface area contributed by atoms with Crippen LogP contribution in [0, 0.1) is 12.8 Å². The molecule has 0 heterocycles. The van der Waals surface area contributed by atoms with Gasteiger partial charge in [-0.2, -0.15) is 0 Å². The molecule has 5 heteroatoms. The maximum atomic E-state index is 12.3. The molecular weight excluding hydrogens is 336 g/mol. The van der Waals surface area contributed by atoms with Gasteiger partial charge in [-0.25, -0.2) is 0 Å². The van der Waals surface area contributed by atoms with E-state index in [9.17, 15) is 4.79 Å². The smallest absolute Gasteiger partial charge is 0.251 e. The van der Waals surface area contributed by atoms with E-state index in [4.69, 9.17) is 10.5 Å². The first-order valence-electron chi connectivity index (χ1n) is 8.45. The second kappa shape index (κ2) is 8.88. The van der Waals surface area contributed by atoms with E-state index in [2.05, 4.69) is 5.32 Å². The first-order chi connectivity index (χ1) is 11.7. The van der Waals surface area contributed by atoms with Gasteiger partial charge in [0, 0.05) is 24.2 Å². The highest BCUT2D eigenvalue weighted by Crippen LogP contribution is 2.30. The van der Waals surface area contributed by atoms with Gasteiger partial charge in [0.15, 0.2) is 0 Å². The summed E-state index contributed by atoms with van der Waals surface area (Å²) >= 11 is 0. The summed E-state index contributed by atoms with van der Waals surface area (Å²) in [6.07, 6.45) is 2.52. The number of ether oxygens (including phenoxy) is 1. The van der Waals surface area contributed by atoms with Gasteiger partial charge in [0.25, 0.3) is 5.91 Å². The summed E-state index contributed by atoms with van der Waals surface area (Å²) in [7, 11) is 0. The van der Waals surface area contributed by atoms with Gasteiger partial charge >= 0.3 is 0 Å². The number of hydrogen-bond donors (Lipinski definition) is 2. The highest BCUT2D eigenvalue weighted by Gasteiger charge is 2.22. The highest BCUT2D eigenvalue weighted by molar-refractivity contribution is 5.94. The van der Waals surface area contributed by atoms with Gasteiger partial charge in [0.05, 0.1) is 6.61 Å². The van der Waals surface area contributed by atoms with Gasteiger partial charge < -0.3 is 15.8 Å². The molecule has 0 aliphatic heterocycles. The van der Waals surface area contributed by atoms with Gasteiger partial charge in [-0.1, -0.05) is 24.3 Å². The molecule has 1 aliphatic rings. The minimum Gasteiger partial charge on any atom is -0.493 e. The lowest BCUT2D eigenvalue weighted by atomic mass is 10.1. The number of hydrogen-bond acceptors (Lipinski definition) is 3. The lowest BCUT2D eigenvalue weighted by Crippen LogP contribution is -2.23. The van der Waals surface area contributed by atoms with E-state index in [1.807, 2.05) is 37.3 Å². The molecule has 1 fully saturated rings. The average Bonchev–Trinajstić information content (AvgIpc) is 3.43. The van der Waals surface area contributed by atoms with Crippen molar-refractivity contribution in [3.63, 3.8) is 0 Å². The van der Waals surface area contributed by atoms with Crippen LogP contribution in [0.4, 0.5) is 0 Å². The van der Waals surface area contributed by atoms with Crippen LogP contribution in [0.5, 0.6) is 5.75 Å². The Hall–Kier alpha value is -2.04. The monoisotopic (exact) mass is 360 g/mol. The summed E-state index contributed by atoms with van der Waals surface area (Å²) in [6.45, 7) is 3.75. The van der Waals surface area contributed by atoms with E-state index < -0.39 is 0 Å². The summed E-state index contributed by atoms with van der Waals surface area (Å²) < 4.78 is 5.94. The van der Waals surface area contributed by atoms with Crippen LogP contribution in [0.15, 0.2) is 42.5 Å². The SMILES string of the molecule is Cc1ccc(CNC(=O)c2ccc(CN)cc2)c(OCC2CC2)c1.Cl. The fourth-order valence-corrected chi connectivity index (χ4v) is 2.50. The molecule has 1 amide bonds. The molecule has 1 aliphatic carbocycles. The number of carbonyl (C=O) groups is 1. The molecule has 0 atom stereocenters. The molecule has 0 spiro atoms. The Kier molecular flexibility index (Phi) is 6.85. The molecule has 3 N–H and O–H groups in total. The van der Waals surface area contributed by atoms with Gasteiger partial charge in [-0.3, -0.25) is 4.79 Å². The van der Waals surface area contributed by atoms with Crippen molar-refractivity contribution >= 4 is 18.3 Å². The minimum absolute atomic E-state index is 0. The van der Waals surface area contributed by atoms with E-state index in [1.165, 1.54) is 12.8 Å². The van der Waals surface area contributed by atoms with Crippen molar-refractivity contribution in [1.82, 2.24) is 5.32 Å². The summed E-state index contributed by atoms with van der Waals surface area (Å²) in [6, 6.07) is 13.5. The van der Waals surface area contributed by atoms with Crippen LogP contribution in [-0.4, -0.2) is 12.5 Å². The zero-order valence-corrected chi connectivity index (χ0v) is 15.3. The van der Waals surface area contributed by atoms with E-state index in [0.29, 0.717) is 24.6 Å². The fraction of sp³-hybridized carbons (Fsp3) is 0.350. The lowest BCUT2D eigenvalue weighted by Gasteiger charge is -2.13. The van der Waals surface area contributed by atoms with Gasteiger partial charge in [0.2, 0.25) is 0 Å². The Morgan fingerprint density at radius 1 is 1.20 bits per heavy atom. The van der Waals surface area contributed by atoms with Crippen LogP contribution in [-0.2, 0) is 13.1 Å². The number of halogens is 1. The van der Waals surface area contributed by atoms with Crippen molar-refractivity contribution in [3.8, 4) is 5.75 Å². The molecule has 0 radical (unpaired) electrons. The van der Waals surface area contributed by atoms with Crippen molar-refractivity contribution in [1.29, 1.82) is 0 Å². The molecule has 134 valence electrons. The minimum atomic E-state index is -0.0905. The van der Waals surface area contributed by atoms with Crippen LogP contribution < -0.4 is 15.8 Å². The molecule has 3 rings (SSSR count). The molecular formula is C20H25ClN2O2. The van der Waals surface area contributed by atoms with E-state index >= 15 is 0 Å². The second-order valence-electron chi connectivity index (χ2n) is 6.45. The zero-order chi connectivity index (χ0) is 16.9. The largest absolute Gasteiger partial charge is 0.493 e. The van der Waals surface area contributed by atoms with Crippen LogP contribution in [0.2, 0.25) is 0 Å². The first kappa shape index (κ1) is 19.3. The number of aryl methyl sites for hydroxylation is 1. The molecule has 0 saturated heterocycles. The second-order valence-corrected chi connectivity index (χ2v) is 6.45. The van der Waals surface area contributed by atoms with Crippen molar-refractivity contribution in [3.05, 3.63) is 64.7 Å². The maximum absolute atomic E-state index is 12.3. The molecule has 0 bridgehead atoms. The van der Waals surface area contributed by atoms with Crippen molar-refractivity contribution in [2.24, 2.45) is 11.7 Å². The number of benzene rings is 2. The predicted octanol–water partition coefficient (Wildman–Crippen LogP) is 3.59. The lowest BCUT2D eigenvalue weighted by molar-refractivity contribution is 0.0950. The molecule has 2 aromatic carbocycles. The Balaban J connectivity index is 0.00000225. The average molecular weight is 361 g/mol. The summed E-state index contributed by atoms with van der Waals surface area (Å²) in [5.41, 5.74) is 9.40. The van der Waals surface area contributed by atoms with Crippen molar-refractivity contribution in [2.75, 3.05) is 6.61 Å². The summed E-state index contributed by atoms with van der Waals surface area (Å²) in [5.74, 6) is 1.49. The Morgan fingerprint density at radius 2 is 1.92 bits per heavy atom. The fourth-order valence-electron chi connectivity index (χ4n) is 2.50. The predicted molar refractivity (Wildman–Crippen MR) is 102 cm³/mol. The van der Waals surface area contributed by atoms with Crippen LogP contribution in [0.3, 0.4) is 0 Å². The van der Waals surface area contributed by atoms with Crippen LogP contribution in [0.1, 0.15) is 39.9 Å². The normalized spacial score (nSPS) is 13.0. The number of carbonyl (C=O) groups excluding carboxylic acids is 1. The molecule has 0 aromatic heterocycles. The maximum Gasteiger partial charge on any atom is 0.251 e. The van der Waals surface area contributed by atoms with Gasteiger partial charge in [-0.05, 0) is 55.0 Å². The van der Waals surface area contributed by atoms with Crippen LogP contribution >= 0.6 is 12.4 Å². The molecule has 4 nitrogen and oxygen atoms in total. The topological polar surface area (TPSA) is 64.4 Å². The Labute approximate surface area is 155 Å². The van der Waals surface area contributed by atoms with Crippen molar-refractivity contribution in [2.45, 2.75) is 32.9 Å². The first-order valence-corrected chi connectivity index (χ1v) is 8.45. The third-order valence-corrected chi connectivity index (χ3v) is 4.29. The Morgan fingerprint density at radius 3 is 2.56 bits per heavy atom.